The van der Waals surface area contributed by atoms with Gasteiger partial charge in [-0.2, -0.15) is 0 Å². The van der Waals surface area contributed by atoms with Gasteiger partial charge in [-0.1, -0.05) is 58.9 Å². The monoisotopic (exact) mass is 432 g/mol. The van der Waals surface area contributed by atoms with Crippen molar-refractivity contribution in [2.24, 2.45) is 23.7 Å². The average molecular weight is 433 g/mol. The number of aryl methyl sites for hydroxylation is 1. The first-order valence-corrected chi connectivity index (χ1v) is 11.1. The van der Waals surface area contributed by atoms with Crippen molar-refractivity contribution in [3.63, 3.8) is 0 Å². The largest absolute Gasteiger partial charge is 0.465 e. The Morgan fingerprint density at radius 2 is 1.55 bits per heavy atom. The van der Waals surface area contributed by atoms with Crippen molar-refractivity contribution < 1.29 is 29.0 Å². The smallest absolute Gasteiger partial charge is 0.317 e. The molecule has 4 atom stereocenters. The molecular weight excluding hydrogens is 396 g/mol. The lowest BCUT2D eigenvalue weighted by Crippen LogP contribution is -2.55. The second-order valence-electron chi connectivity index (χ2n) is 9.62. The SMILES string of the molecule is CCc1ccc([C@@H]2[C@H](C(=O)OCC(C)C)C(=O)C[C@](C)(O)[C@H]2C(=O)OCC(C)C)cc1. The van der Waals surface area contributed by atoms with Crippen LogP contribution >= 0.6 is 0 Å². The minimum absolute atomic E-state index is 0.111. The van der Waals surface area contributed by atoms with Crippen LogP contribution in [-0.2, 0) is 30.3 Å². The molecule has 0 bridgehead atoms. The summed E-state index contributed by atoms with van der Waals surface area (Å²) in [5.41, 5.74) is 0.104. The average Bonchev–Trinajstić information content (AvgIpc) is 2.69. The van der Waals surface area contributed by atoms with Gasteiger partial charge in [-0.25, -0.2) is 0 Å². The highest BCUT2D eigenvalue weighted by Gasteiger charge is 2.57. The topological polar surface area (TPSA) is 89.9 Å². The van der Waals surface area contributed by atoms with Crippen LogP contribution in [0.25, 0.3) is 0 Å². The van der Waals surface area contributed by atoms with Crippen LogP contribution in [0.3, 0.4) is 0 Å². The highest BCUT2D eigenvalue weighted by molar-refractivity contribution is 6.02. The summed E-state index contributed by atoms with van der Waals surface area (Å²) in [7, 11) is 0. The molecule has 1 fully saturated rings. The summed E-state index contributed by atoms with van der Waals surface area (Å²) in [5, 5.41) is 11.1. The summed E-state index contributed by atoms with van der Waals surface area (Å²) < 4.78 is 10.9. The fourth-order valence-corrected chi connectivity index (χ4v) is 4.07. The molecule has 172 valence electrons. The van der Waals surface area contributed by atoms with Crippen LogP contribution in [0.2, 0.25) is 0 Å². The lowest BCUT2D eigenvalue weighted by Gasteiger charge is -2.43. The minimum Gasteiger partial charge on any atom is -0.465 e. The summed E-state index contributed by atoms with van der Waals surface area (Å²) in [5.74, 6) is -4.53. The Kier molecular flexibility index (Phi) is 8.41. The van der Waals surface area contributed by atoms with Gasteiger partial charge < -0.3 is 14.6 Å². The number of hydrogen-bond donors (Lipinski definition) is 1. The summed E-state index contributed by atoms with van der Waals surface area (Å²) in [6, 6.07) is 7.47. The third-order valence-corrected chi connectivity index (χ3v) is 5.67. The highest BCUT2D eigenvalue weighted by Crippen LogP contribution is 2.46. The predicted octanol–water partition coefficient (Wildman–Crippen LogP) is 3.69. The Bertz CT molecular complexity index is 778. The van der Waals surface area contributed by atoms with E-state index < -0.39 is 41.1 Å². The van der Waals surface area contributed by atoms with Crippen LogP contribution < -0.4 is 0 Å². The van der Waals surface area contributed by atoms with E-state index in [1.165, 1.54) is 6.92 Å². The standard InChI is InChI=1S/C25H36O6/c1-7-17-8-10-18(11-9-17)20-21(23(27)30-13-15(2)3)19(26)12-25(6,29)22(20)24(28)31-14-16(4)5/h8-11,15-16,20-22,29H,7,12-14H2,1-6H3/t20-,21-,22-,25+/m1/s1. The van der Waals surface area contributed by atoms with E-state index >= 15 is 0 Å². The number of carbonyl (C=O) groups excluding carboxylic acids is 3. The van der Waals surface area contributed by atoms with Gasteiger partial charge in [-0.15, -0.1) is 0 Å². The Labute approximate surface area is 185 Å². The number of hydrogen-bond acceptors (Lipinski definition) is 6. The van der Waals surface area contributed by atoms with E-state index in [0.717, 1.165) is 12.0 Å². The second kappa shape index (κ2) is 10.4. The molecule has 0 radical (unpaired) electrons. The van der Waals surface area contributed by atoms with Crippen LogP contribution in [0.15, 0.2) is 24.3 Å². The number of ether oxygens (including phenoxy) is 2. The molecule has 6 heteroatoms. The fourth-order valence-electron chi connectivity index (χ4n) is 4.07. The molecule has 1 aromatic carbocycles. The summed E-state index contributed by atoms with van der Waals surface area (Å²) in [6.07, 6.45) is 0.529. The molecule has 6 nitrogen and oxygen atoms in total. The van der Waals surface area contributed by atoms with Crippen LogP contribution in [0, 0.1) is 23.7 Å². The van der Waals surface area contributed by atoms with Gasteiger partial charge in [0, 0.05) is 12.3 Å². The third-order valence-electron chi connectivity index (χ3n) is 5.67. The van der Waals surface area contributed by atoms with Gasteiger partial charge in [-0.3, -0.25) is 14.4 Å². The molecule has 1 aliphatic rings. The number of ketones is 1. The number of carbonyl (C=O) groups is 3. The summed E-state index contributed by atoms with van der Waals surface area (Å²) >= 11 is 0. The normalized spacial score (nSPS) is 26.2. The molecule has 2 rings (SSSR count). The van der Waals surface area contributed by atoms with E-state index in [1.54, 1.807) is 0 Å². The van der Waals surface area contributed by atoms with Crippen molar-refractivity contribution in [2.45, 2.75) is 65.9 Å². The maximum Gasteiger partial charge on any atom is 0.317 e. The van der Waals surface area contributed by atoms with Crippen molar-refractivity contribution in [1.82, 2.24) is 0 Å². The van der Waals surface area contributed by atoms with Gasteiger partial charge in [-0.05, 0) is 36.3 Å². The molecular formula is C25H36O6. The van der Waals surface area contributed by atoms with Gasteiger partial charge in [0.2, 0.25) is 0 Å². The minimum atomic E-state index is -1.63. The number of rotatable bonds is 8. The van der Waals surface area contributed by atoms with E-state index in [0.29, 0.717) is 5.56 Å². The number of esters is 2. The van der Waals surface area contributed by atoms with E-state index in [2.05, 4.69) is 0 Å². The predicted molar refractivity (Wildman–Crippen MR) is 117 cm³/mol. The molecule has 1 aromatic rings. The van der Waals surface area contributed by atoms with Gasteiger partial charge >= 0.3 is 11.9 Å². The summed E-state index contributed by atoms with van der Waals surface area (Å²) in [4.78, 5) is 39.1. The number of benzene rings is 1. The lowest BCUT2D eigenvalue weighted by molar-refractivity contribution is -0.173. The van der Waals surface area contributed by atoms with Crippen molar-refractivity contribution >= 4 is 17.7 Å². The Hall–Kier alpha value is -2.21. The highest BCUT2D eigenvalue weighted by atomic mass is 16.5. The van der Waals surface area contributed by atoms with Gasteiger partial charge in [0.05, 0.1) is 24.7 Å². The quantitative estimate of drug-likeness (QED) is 0.498. The zero-order chi connectivity index (χ0) is 23.3. The molecule has 1 N–H and O–H groups in total. The first kappa shape index (κ1) is 25.1. The molecule has 0 unspecified atom stereocenters. The van der Waals surface area contributed by atoms with Crippen LogP contribution in [-0.4, -0.2) is 41.6 Å². The first-order valence-electron chi connectivity index (χ1n) is 11.1. The van der Waals surface area contributed by atoms with Gasteiger partial charge in [0.15, 0.2) is 5.78 Å². The van der Waals surface area contributed by atoms with Crippen LogP contribution in [0.5, 0.6) is 0 Å². The molecule has 0 aromatic heterocycles. The van der Waals surface area contributed by atoms with Crippen molar-refractivity contribution in [3.8, 4) is 0 Å². The van der Waals surface area contributed by atoms with Crippen LogP contribution in [0.4, 0.5) is 0 Å². The zero-order valence-corrected chi connectivity index (χ0v) is 19.5. The second-order valence-corrected chi connectivity index (χ2v) is 9.62. The van der Waals surface area contributed by atoms with E-state index in [4.69, 9.17) is 9.47 Å². The maximum absolute atomic E-state index is 13.1. The molecule has 1 saturated carbocycles. The van der Waals surface area contributed by atoms with Crippen molar-refractivity contribution in [3.05, 3.63) is 35.4 Å². The lowest BCUT2D eigenvalue weighted by atomic mass is 9.61. The molecule has 31 heavy (non-hydrogen) atoms. The van der Waals surface area contributed by atoms with Crippen molar-refractivity contribution in [1.29, 1.82) is 0 Å². The van der Waals surface area contributed by atoms with Gasteiger partial charge in [0.25, 0.3) is 0 Å². The van der Waals surface area contributed by atoms with Crippen molar-refractivity contribution in [2.75, 3.05) is 13.2 Å². The first-order chi connectivity index (χ1) is 14.5. The van der Waals surface area contributed by atoms with Gasteiger partial charge in [0.1, 0.15) is 5.92 Å². The number of Topliss-reactive ketones (excluding diaryl/α,β-unsaturated/α-hetero) is 1. The van der Waals surface area contributed by atoms with E-state index in [9.17, 15) is 19.5 Å². The fraction of sp³-hybridized carbons (Fsp3) is 0.640. The van der Waals surface area contributed by atoms with Crippen LogP contribution in [0.1, 0.15) is 65.0 Å². The summed E-state index contributed by atoms with van der Waals surface area (Å²) in [6.45, 7) is 11.5. The molecule has 0 spiro atoms. The molecule has 0 saturated heterocycles. The molecule has 0 amide bonds. The maximum atomic E-state index is 13.1. The number of aliphatic hydroxyl groups is 1. The van der Waals surface area contributed by atoms with E-state index in [1.807, 2.05) is 58.9 Å². The van der Waals surface area contributed by atoms with E-state index in [-0.39, 0.29) is 31.5 Å². The third kappa shape index (κ3) is 6.16. The Balaban J connectivity index is 2.52. The Morgan fingerprint density at radius 3 is 2.03 bits per heavy atom. The Morgan fingerprint density at radius 1 is 1.03 bits per heavy atom. The zero-order valence-electron chi connectivity index (χ0n) is 19.5. The molecule has 0 aliphatic heterocycles. The molecule has 1 aliphatic carbocycles. The molecule has 0 heterocycles.